The molecule has 0 spiro atoms. The van der Waals surface area contributed by atoms with Gasteiger partial charge in [0.1, 0.15) is 5.69 Å². The molecule has 0 aliphatic heterocycles. The van der Waals surface area contributed by atoms with E-state index in [0.29, 0.717) is 11.6 Å². The number of aromatic amines is 1. The molecule has 2 aromatic rings. The Morgan fingerprint density at radius 3 is 2.73 bits per heavy atom. The first-order valence-corrected chi connectivity index (χ1v) is 7.87. The summed E-state index contributed by atoms with van der Waals surface area (Å²) in [6.07, 6.45) is 3.25. The number of aromatic nitrogens is 1. The molecule has 0 radical (unpaired) electrons. The Bertz CT molecular complexity index is 670. The van der Waals surface area contributed by atoms with Crippen LogP contribution in [-0.4, -0.2) is 18.1 Å². The summed E-state index contributed by atoms with van der Waals surface area (Å²) in [5.41, 5.74) is 4.57. The van der Waals surface area contributed by atoms with Crippen molar-refractivity contribution in [2.24, 2.45) is 0 Å². The van der Waals surface area contributed by atoms with E-state index in [1.54, 1.807) is 0 Å². The number of ether oxygens (including phenoxy) is 1. The molecular formula is C19H23NO2. The van der Waals surface area contributed by atoms with Gasteiger partial charge in [0.2, 0.25) is 0 Å². The average Bonchev–Trinajstić information content (AvgIpc) is 3.09. The third kappa shape index (κ3) is 2.68. The van der Waals surface area contributed by atoms with Crippen LogP contribution in [0.25, 0.3) is 0 Å². The van der Waals surface area contributed by atoms with Crippen molar-refractivity contribution in [3.8, 4) is 0 Å². The molecule has 0 bridgehead atoms. The first kappa shape index (κ1) is 14.9. The number of aryl methyl sites for hydroxylation is 1. The summed E-state index contributed by atoms with van der Waals surface area (Å²) in [4.78, 5) is 14.9. The zero-order chi connectivity index (χ0) is 15.7. The number of rotatable bonds is 4. The van der Waals surface area contributed by atoms with Crippen LogP contribution in [0.15, 0.2) is 36.4 Å². The number of hydrogen-bond acceptors (Lipinski definition) is 2. The van der Waals surface area contributed by atoms with Crippen LogP contribution in [0.1, 0.15) is 59.9 Å². The number of H-pyrrole nitrogens is 1. The van der Waals surface area contributed by atoms with E-state index < -0.39 is 0 Å². The third-order valence-corrected chi connectivity index (χ3v) is 4.83. The zero-order valence-corrected chi connectivity index (χ0v) is 13.5. The lowest BCUT2D eigenvalue weighted by Gasteiger charge is -2.28. The molecule has 22 heavy (non-hydrogen) atoms. The van der Waals surface area contributed by atoms with Crippen LogP contribution in [0.5, 0.6) is 0 Å². The number of esters is 1. The number of nitrogens with one attached hydrogen (secondary N) is 1. The van der Waals surface area contributed by atoms with E-state index in [9.17, 15) is 4.79 Å². The van der Waals surface area contributed by atoms with Crippen LogP contribution in [0, 0.1) is 0 Å². The van der Waals surface area contributed by atoms with Gasteiger partial charge in [0, 0.05) is 5.69 Å². The van der Waals surface area contributed by atoms with Crippen LogP contribution in [0.4, 0.5) is 0 Å². The monoisotopic (exact) mass is 297 g/mol. The van der Waals surface area contributed by atoms with E-state index in [0.717, 1.165) is 19.3 Å². The van der Waals surface area contributed by atoms with Gasteiger partial charge in [-0.1, -0.05) is 44.2 Å². The Morgan fingerprint density at radius 2 is 2.05 bits per heavy atom. The summed E-state index contributed by atoms with van der Waals surface area (Å²) >= 11 is 0. The van der Waals surface area contributed by atoms with Crippen molar-refractivity contribution in [1.82, 2.24) is 4.98 Å². The van der Waals surface area contributed by atoms with Gasteiger partial charge in [-0.05, 0) is 47.8 Å². The molecule has 1 aromatic heterocycles. The summed E-state index contributed by atoms with van der Waals surface area (Å²) in [7, 11) is 1.42. The number of methoxy groups -OCH3 is 1. The molecular weight excluding hydrogens is 274 g/mol. The van der Waals surface area contributed by atoms with Gasteiger partial charge in [-0.2, -0.15) is 0 Å². The van der Waals surface area contributed by atoms with Crippen molar-refractivity contribution in [2.45, 2.75) is 44.4 Å². The molecule has 0 saturated carbocycles. The third-order valence-electron chi connectivity index (χ3n) is 4.83. The first-order chi connectivity index (χ1) is 10.5. The molecule has 116 valence electrons. The molecule has 1 aromatic carbocycles. The minimum Gasteiger partial charge on any atom is -0.464 e. The van der Waals surface area contributed by atoms with E-state index in [1.807, 2.05) is 6.07 Å². The zero-order valence-electron chi connectivity index (χ0n) is 13.5. The Morgan fingerprint density at radius 1 is 1.32 bits per heavy atom. The van der Waals surface area contributed by atoms with Crippen molar-refractivity contribution in [3.63, 3.8) is 0 Å². The molecule has 1 atom stereocenters. The highest BCUT2D eigenvalue weighted by molar-refractivity contribution is 5.88. The second-order valence-electron chi connectivity index (χ2n) is 6.80. The van der Waals surface area contributed by atoms with Crippen molar-refractivity contribution >= 4 is 5.97 Å². The average molecular weight is 297 g/mol. The highest BCUT2D eigenvalue weighted by Gasteiger charge is 2.32. The van der Waals surface area contributed by atoms with Gasteiger partial charge in [-0.25, -0.2) is 4.79 Å². The molecule has 3 nitrogen and oxygen atoms in total. The van der Waals surface area contributed by atoms with Crippen LogP contribution in [0.2, 0.25) is 0 Å². The van der Waals surface area contributed by atoms with Crippen molar-refractivity contribution in [3.05, 3.63) is 58.9 Å². The highest BCUT2D eigenvalue weighted by atomic mass is 16.5. The van der Waals surface area contributed by atoms with Crippen LogP contribution in [-0.2, 0) is 16.6 Å². The SMILES string of the molecule is COC(=O)c1cc2c([nH]1)CC[C@@H]2CC(C)(C)c1ccccc1. The largest absolute Gasteiger partial charge is 0.464 e. The lowest BCUT2D eigenvalue weighted by atomic mass is 9.76. The first-order valence-electron chi connectivity index (χ1n) is 7.87. The maximum absolute atomic E-state index is 11.7. The van der Waals surface area contributed by atoms with Gasteiger partial charge in [0.05, 0.1) is 7.11 Å². The number of fused-ring (bicyclic) bond motifs is 1. The van der Waals surface area contributed by atoms with E-state index in [-0.39, 0.29) is 11.4 Å². The smallest absolute Gasteiger partial charge is 0.354 e. The predicted octanol–water partition coefficient (Wildman–Crippen LogP) is 4.20. The van der Waals surface area contributed by atoms with Gasteiger partial charge < -0.3 is 9.72 Å². The van der Waals surface area contributed by atoms with Crippen LogP contribution < -0.4 is 0 Å². The summed E-state index contributed by atoms with van der Waals surface area (Å²) in [5, 5.41) is 0. The van der Waals surface area contributed by atoms with Crippen molar-refractivity contribution < 1.29 is 9.53 Å². The Balaban J connectivity index is 1.81. The summed E-state index contributed by atoms with van der Waals surface area (Å²) < 4.78 is 4.81. The van der Waals surface area contributed by atoms with Gasteiger partial charge in [-0.15, -0.1) is 0 Å². The fourth-order valence-electron chi connectivity index (χ4n) is 3.61. The molecule has 0 unspecified atom stereocenters. The molecule has 0 fully saturated rings. The molecule has 1 heterocycles. The second kappa shape index (κ2) is 5.64. The van der Waals surface area contributed by atoms with E-state index >= 15 is 0 Å². The fourth-order valence-corrected chi connectivity index (χ4v) is 3.61. The lowest BCUT2D eigenvalue weighted by molar-refractivity contribution is 0.0594. The number of carbonyl (C=O) groups excluding carboxylic acids is 1. The number of hydrogen-bond donors (Lipinski definition) is 1. The van der Waals surface area contributed by atoms with Gasteiger partial charge in [0.25, 0.3) is 0 Å². The number of benzene rings is 1. The Labute approximate surface area is 131 Å². The molecule has 0 saturated heterocycles. The molecule has 1 N–H and O–H groups in total. The van der Waals surface area contributed by atoms with Crippen molar-refractivity contribution in [1.29, 1.82) is 0 Å². The molecule has 3 rings (SSSR count). The summed E-state index contributed by atoms with van der Waals surface area (Å²) in [5.74, 6) is 0.218. The topological polar surface area (TPSA) is 42.1 Å². The quantitative estimate of drug-likeness (QED) is 0.859. The predicted molar refractivity (Wildman–Crippen MR) is 87.3 cm³/mol. The second-order valence-corrected chi connectivity index (χ2v) is 6.80. The standard InChI is InChI=1S/C19H23NO2/c1-19(2,14-7-5-4-6-8-14)12-13-9-10-16-15(13)11-17(20-16)18(21)22-3/h4-8,11,13,20H,9-10,12H2,1-3H3/t13-/m1/s1. The minimum absolute atomic E-state index is 0.121. The van der Waals surface area contributed by atoms with E-state index in [2.05, 4.69) is 49.2 Å². The fraction of sp³-hybridized carbons (Fsp3) is 0.421. The van der Waals surface area contributed by atoms with Crippen molar-refractivity contribution in [2.75, 3.05) is 7.11 Å². The van der Waals surface area contributed by atoms with E-state index in [4.69, 9.17) is 4.74 Å². The molecule has 1 aliphatic rings. The molecule has 0 amide bonds. The van der Waals surface area contributed by atoms with Crippen LogP contribution >= 0.6 is 0 Å². The van der Waals surface area contributed by atoms with E-state index in [1.165, 1.54) is 23.9 Å². The maximum atomic E-state index is 11.7. The van der Waals surface area contributed by atoms with Gasteiger partial charge >= 0.3 is 5.97 Å². The normalized spacial score (nSPS) is 17.3. The van der Waals surface area contributed by atoms with Gasteiger partial charge in [0.15, 0.2) is 0 Å². The summed E-state index contributed by atoms with van der Waals surface area (Å²) in [6, 6.07) is 12.6. The Kier molecular flexibility index (Phi) is 3.81. The minimum atomic E-state index is -0.282. The lowest BCUT2D eigenvalue weighted by Crippen LogP contribution is -2.20. The summed E-state index contributed by atoms with van der Waals surface area (Å²) in [6.45, 7) is 4.60. The molecule has 1 aliphatic carbocycles. The maximum Gasteiger partial charge on any atom is 0.354 e. The molecule has 3 heteroatoms. The van der Waals surface area contributed by atoms with Gasteiger partial charge in [-0.3, -0.25) is 0 Å². The Hall–Kier alpha value is -2.03. The number of carbonyl (C=O) groups is 1. The van der Waals surface area contributed by atoms with Crippen LogP contribution in [0.3, 0.4) is 0 Å². The highest BCUT2D eigenvalue weighted by Crippen LogP contribution is 2.42.